The van der Waals surface area contributed by atoms with E-state index in [4.69, 9.17) is 9.97 Å². The first kappa shape index (κ1) is 26.5. The highest BCUT2D eigenvalue weighted by atomic mass is 16.2. The average molecular weight is 539 g/mol. The highest BCUT2D eigenvalue weighted by Gasteiger charge is 2.26. The number of nitrogens with zero attached hydrogens (tertiary/aromatic N) is 4. The number of hydrogen-bond donors (Lipinski definition) is 0. The number of carbonyl (C=O) groups is 1. The Hall–Kier alpha value is -4.77. The Morgan fingerprint density at radius 2 is 1.32 bits per heavy atom. The molecule has 0 aliphatic carbocycles. The highest BCUT2D eigenvalue weighted by Crippen LogP contribution is 2.29. The van der Waals surface area contributed by atoms with Crippen molar-refractivity contribution in [2.24, 2.45) is 0 Å². The molecule has 4 aromatic carbocycles. The monoisotopic (exact) mass is 538 g/mol. The number of hydrogen-bond acceptors (Lipinski definition) is 4. The number of piperazine rings is 1. The number of amides is 1. The molecule has 0 spiro atoms. The number of benzene rings is 4. The van der Waals surface area contributed by atoms with Crippen LogP contribution in [0.15, 0.2) is 109 Å². The van der Waals surface area contributed by atoms with Crippen LogP contribution in [-0.4, -0.2) is 47.0 Å². The van der Waals surface area contributed by atoms with Gasteiger partial charge in [0.2, 0.25) is 0 Å². The van der Waals surface area contributed by atoms with Crippen molar-refractivity contribution < 1.29 is 4.79 Å². The minimum Gasteiger partial charge on any atom is -0.353 e. The summed E-state index contributed by atoms with van der Waals surface area (Å²) < 4.78 is 0. The van der Waals surface area contributed by atoms with Gasteiger partial charge < -0.3 is 9.80 Å². The van der Waals surface area contributed by atoms with Crippen LogP contribution in [-0.2, 0) is 6.42 Å². The molecule has 204 valence electrons. The molecule has 1 aliphatic heterocycles. The summed E-state index contributed by atoms with van der Waals surface area (Å²) in [6.07, 6.45) is 0.769. The maximum Gasteiger partial charge on any atom is 0.253 e. The zero-order valence-electron chi connectivity index (χ0n) is 23.6. The zero-order valence-corrected chi connectivity index (χ0v) is 23.6. The fraction of sp³-hybridized carbons (Fsp3) is 0.194. The van der Waals surface area contributed by atoms with E-state index >= 15 is 0 Å². The second kappa shape index (κ2) is 11.8. The van der Waals surface area contributed by atoms with Crippen molar-refractivity contribution in [2.75, 3.05) is 31.1 Å². The van der Waals surface area contributed by atoms with Crippen LogP contribution in [0.4, 0.5) is 5.82 Å². The quantitative estimate of drug-likeness (QED) is 0.234. The van der Waals surface area contributed by atoms with Gasteiger partial charge in [-0.1, -0.05) is 103 Å². The maximum absolute atomic E-state index is 13.4. The molecule has 6 rings (SSSR count). The van der Waals surface area contributed by atoms with E-state index in [9.17, 15) is 4.79 Å². The first-order chi connectivity index (χ1) is 20.0. The van der Waals surface area contributed by atoms with E-state index in [1.165, 1.54) is 11.1 Å². The highest BCUT2D eigenvalue weighted by molar-refractivity contribution is 5.95. The van der Waals surface area contributed by atoms with Crippen LogP contribution in [0.2, 0.25) is 0 Å². The van der Waals surface area contributed by atoms with Crippen molar-refractivity contribution in [3.63, 3.8) is 0 Å². The van der Waals surface area contributed by atoms with Crippen molar-refractivity contribution in [1.29, 1.82) is 0 Å². The Bertz CT molecular complexity index is 1640. The third-order valence-corrected chi connectivity index (χ3v) is 7.79. The molecule has 5 nitrogen and oxygen atoms in total. The van der Waals surface area contributed by atoms with Gasteiger partial charge in [-0.2, -0.15) is 0 Å². The average Bonchev–Trinajstić information content (AvgIpc) is 3.03. The van der Waals surface area contributed by atoms with Gasteiger partial charge in [0.25, 0.3) is 5.91 Å². The normalized spacial score (nSPS) is 13.3. The molecule has 5 heteroatoms. The molecule has 1 saturated heterocycles. The zero-order chi connectivity index (χ0) is 28.2. The van der Waals surface area contributed by atoms with Gasteiger partial charge in [-0.05, 0) is 42.7 Å². The molecule has 0 N–H and O–H groups in total. The predicted molar refractivity (Wildman–Crippen MR) is 166 cm³/mol. The standard InChI is InChI=1S/C36H34N4O/c1-26-10-9-11-28(24-26)25-33-27(2)37-34(31-14-7-4-8-15-31)38-35(33)39-20-22-40(23-21-39)36(41)32-18-16-30(17-19-32)29-12-5-3-6-13-29/h3-19,24H,20-23,25H2,1-2H3. The molecule has 2 heterocycles. The Labute approximate surface area is 242 Å². The molecule has 0 bridgehead atoms. The molecule has 1 amide bonds. The van der Waals surface area contributed by atoms with Crippen LogP contribution in [0.25, 0.3) is 22.5 Å². The molecule has 0 unspecified atom stereocenters. The van der Waals surface area contributed by atoms with Crippen LogP contribution >= 0.6 is 0 Å². The van der Waals surface area contributed by atoms with Gasteiger partial charge in [0, 0.05) is 55.0 Å². The molecule has 41 heavy (non-hydrogen) atoms. The lowest BCUT2D eigenvalue weighted by molar-refractivity contribution is 0.0746. The molecule has 0 radical (unpaired) electrons. The minimum atomic E-state index is 0.0769. The van der Waals surface area contributed by atoms with E-state index in [0.717, 1.165) is 64.7 Å². The number of aromatic nitrogens is 2. The van der Waals surface area contributed by atoms with Gasteiger partial charge in [-0.15, -0.1) is 0 Å². The number of anilines is 1. The fourth-order valence-corrected chi connectivity index (χ4v) is 5.53. The van der Waals surface area contributed by atoms with E-state index in [-0.39, 0.29) is 5.91 Å². The van der Waals surface area contributed by atoms with Crippen molar-refractivity contribution in [3.8, 4) is 22.5 Å². The van der Waals surface area contributed by atoms with Crippen molar-refractivity contribution in [2.45, 2.75) is 20.3 Å². The van der Waals surface area contributed by atoms with Crippen LogP contribution in [0.3, 0.4) is 0 Å². The SMILES string of the molecule is Cc1cccc(Cc2c(C)nc(-c3ccccc3)nc2N2CCN(C(=O)c3ccc(-c4ccccc4)cc3)CC2)c1. The number of aryl methyl sites for hydroxylation is 2. The van der Waals surface area contributed by atoms with Gasteiger partial charge in [-0.3, -0.25) is 4.79 Å². The lowest BCUT2D eigenvalue weighted by Crippen LogP contribution is -2.49. The van der Waals surface area contributed by atoms with Crippen molar-refractivity contribution in [3.05, 3.63) is 137 Å². The van der Waals surface area contributed by atoms with Crippen molar-refractivity contribution >= 4 is 11.7 Å². The van der Waals surface area contributed by atoms with Gasteiger partial charge in [0.1, 0.15) is 5.82 Å². The maximum atomic E-state index is 13.4. The summed E-state index contributed by atoms with van der Waals surface area (Å²) in [6.45, 7) is 6.94. The predicted octanol–water partition coefficient (Wildman–Crippen LogP) is 6.98. The van der Waals surface area contributed by atoms with E-state index in [2.05, 4.69) is 67.3 Å². The van der Waals surface area contributed by atoms with Crippen LogP contribution in [0, 0.1) is 13.8 Å². The molecule has 5 aromatic rings. The number of rotatable bonds is 6. The lowest BCUT2D eigenvalue weighted by atomic mass is 10.0. The number of carbonyl (C=O) groups excluding carboxylic acids is 1. The van der Waals surface area contributed by atoms with E-state index in [1.54, 1.807) is 0 Å². The summed E-state index contributed by atoms with van der Waals surface area (Å²) in [6, 6.07) is 37.0. The summed E-state index contributed by atoms with van der Waals surface area (Å²) >= 11 is 0. The Morgan fingerprint density at radius 1 is 0.683 bits per heavy atom. The third kappa shape index (κ3) is 5.90. The third-order valence-electron chi connectivity index (χ3n) is 7.79. The van der Waals surface area contributed by atoms with Gasteiger partial charge in [-0.25, -0.2) is 9.97 Å². The molecule has 0 atom stereocenters. The summed E-state index contributed by atoms with van der Waals surface area (Å²) in [5.74, 6) is 1.79. The second-order valence-electron chi connectivity index (χ2n) is 10.7. The summed E-state index contributed by atoms with van der Waals surface area (Å²) in [5, 5.41) is 0. The van der Waals surface area contributed by atoms with Crippen molar-refractivity contribution in [1.82, 2.24) is 14.9 Å². The van der Waals surface area contributed by atoms with Gasteiger partial charge >= 0.3 is 0 Å². The van der Waals surface area contributed by atoms with Crippen LogP contribution in [0.1, 0.15) is 32.7 Å². The van der Waals surface area contributed by atoms with E-state index in [0.29, 0.717) is 13.1 Å². The molecular weight excluding hydrogens is 504 g/mol. The first-order valence-corrected chi connectivity index (χ1v) is 14.2. The van der Waals surface area contributed by atoms with Gasteiger partial charge in [0.15, 0.2) is 5.82 Å². The summed E-state index contributed by atoms with van der Waals surface area (Å²) in [7, 11) is 0. The smallest absolute Gasteiger partial charge is 0.253 e. The first-order valence-electron chi connectivity index (χ1n) is 14.2. The largest absolute Gasteiger partial charge is 0.353 e. The Balaban J connectivity index is 1.23. The van der Waals surface area contributed by atoms with Crippen LogP contribution < -0.4 is 4.90 Å². The molecule has 1 aromatic heterocycles. The topological polar surface area (TPSA) is 49.3 Å². The second-order valence-corrected chi connectivity index (χ2v) is 10.7. The summed E-state index contributed by atoms with van der Waals surface area (Å²) in [5.41, 5.74) is 8.62. The fourth-order valence-electron chi connectivity index (χ4n) is 5.53. The Kier molecular flexibility index (Phi) is 7.59. The molecule has 1 aliphatic rings. The molecule has 0 saturated carbocycles. The van der Waals surface area contributed by atoms with E-state index < -0.39 is 0 Å². The van der Waals surface area contributed by atoms with Gasteiger partial charge in [0.05, 0.1) is 0 Å². The van der Waals surface area contributed by atoms with Crippen LogP contribution in [0.5, 0.6) is 0 Å². The minimum absolute atomic E-state index is 0.0769. The Morgan fingerprint density at radius 3 is 1.98 bits per heavy atom. The summed E-state index contributed by atoms with van der Waals surface area (Å²) in [4.78, 5) is 27.7. The molecule has 1 fully saturated rings. The lowest BCUT2D eigenvalue weighted by Gasteiger charge is -2.36. The molecular formula is C36H34N4O. The van der Waals surface area contributed by atoms with E-state index in [1.807, 2.05) is 65.6 Å².